The summed E-state index contributed by atoms with van der Waals surface area (Å²) in [5, 5.41) is 0. The van der Waals surface area contributed by atoms with E-state index in [-0.39, 0.29) is 0 Å². The van der Waals surface area contributed by atoms with Crippen molar-refractivity contribution in [2.75, 3.05) is 6.54 Å². The van der Waals surface area contributed by atoms with Crippen molar-refractivity contribution >= 4 is 6.19 Å². The van der Waals surface area contributed by atoms with E-state index in [2.05, 4.69) is 18.8 Å². The molecule has 0 spiro atoms. The Morgan fingerprint density at radius 2 is 2.08 bits per heavy atom. The molecule has 64 valence electrons. The van der Waals surface area contributed by atoms with E-state index in [1.165, 1.54) is 0 Å². The fraction of sp³-hybridized carbons (Fsp3) is 0.364. The van der Waals surface area contributed by atoms with Gasteiger partial charge < -0.3 is 0 Å². The Morgan fingerprint density at radius 1 is 1.42 bits per heavy atom. The van der Waals surface area contributed by atoms with Crippen LogP contribution in [0.15, 0.2) is 35.3 Å². The summed E-state index contributed by atoms with van der Waals surface area (Å²) in [7, 11) is 0. The predicted octanol–water partition coefficient (Wildman–Crippen LogP) is 2.76. The van der Waals surface area contributed by atoms with Crippen LogP contribution in [-0.4, -0.2) is 12.7 Å². The highest BCUT2D eigenvalue weighted by Crippen LogP contribution is 1.96. The first-order valence-electron chi connectivity index (χ1n) is 4.76. The minimum absolute atomic E-state index is 0.384. The van der Waals surface area contributed by atoms with Gasteiger partial charge in [0.15, 0.2) is 0 Å². The molecular formula is C11H15N. The van der Waals surface area contributed by atoms with Gasteiger partial charge in [-0.3, -0.25) is 4.99 Å². The SMILES string of the molecule is [2H]C(=NCC(C)C)c1ccccc1. The van der Waals surface area contributed by atoms with Crippen molar-refractivity contribution in [2.24, 2.45) is 10.9 Å². The molecule has 0 fully saturated rings. The van der Waals surface area contributed by atoms with Crippen LogP contribution in [0.2, 0.25) is 0 Å². The van der Waals surface area contributed by atoms with Gasteiger partial charge in [-0.15, -0.1) is 0 Å². The van der Waals surface area contributed by atoms with Crippen molar-refractivity contribution in [3.63, 3.8) is 0 Å². The van der Waals surface area contributed by atoms with Gasteiger partial charge in [0, 0.05) is 12.7 Å². The van der Waals surface area contributed by atoms with E-state index in [4.69, 9.17) is 1.37 Å². The van der Waals surface area contributed by atoms with E-state index in [1.54, 1.807) is 0 Å². The number of nitrogens with zero attached hydrogens (tertiary/aromatic N) is 1. The summed E-state index contributed by atoms with van der Waals surface area (Å²) in [5.74, 6) is 0.518. The molecule has 0 aliphatic rings. The first-order valence-corrected chi connectivity index (χ1v) is 4.26. The topological polar surface area (TPSA) is 12.4 Å². The second kappa shape index (κ2) is 4.70. The summed E-state index contributed by atoms with van der Waals surface area (Å²) in [6, 6.07) is 9.61. The second-order valence-corrected chi connectivity index (χ2v) is 3.21. The average molecular weight is 162 g/mol. The normalized spacial score (nSPS) is 13.2. The number of benzene rings is 1. The van der Waals surface area contributed by atoms with Crippen LogP contribution >= 0.6 is 0 Å². The minimum atomic E-state index is 0.384. The van der Waals surface area contributed by atoms with Gasteiger partial charge in [0.25, 0.3) is 0 Å². The molecule has 0 aliphatic carbocycles. The fourth-order valence-electron chi connectivity index (χ4n) is 0.832. The lowest BCUT2D eigenvalue weighted by Crippen LogP contribution is -1.92. The van der Waals surface area contributed by atoms with Gasteiger partial charge in [0.2, 0.25) is 0 Å². The molecule has 0 aliphatic heterocycles. The highest BCUT2D eigenvalue weighted by molar-refractivity contribution is 5.79. The summed E-state index contributed by atoms with van der Waals surface area (Å²) < 4.78 is 7.66. The van der Waals surface area contributed by atoms with Crippen LogP contribution in [0.5, 0.6) is 0 Å². The number of aliphatic imine (C=N–C) groups is 1. The van der Waals surface area contributed by atoms with Crippen LogP contribution in [-0.2, 0) is 0 Å². The molecule has 1 nitrogen and oxygen atoms in total. The quantitative estimate of drug-likeness (QED) is 0.606. The molecule has 0 N–H and O–H groups in total. The molecule has 0 saturated heterocycles. The smallest absolute Gasteiger partial charge is 0.0842 e. The van der Waals surface area contributed by atoms with E-state index in [0.717, 1.165) is 12.1 Å². The number of hydrogen-bond donors (Lipinski definition) is 0. The Morgan fingerprint density at radius 3 is 2.67 bits per heavy atom. The molecule has 1 rings (SSSR count). The first-order chi connectivity index (χ1) is 6.20. The molecule has 0 atom stereocenters. The second-order valence-electron chi connectivity index (χ2n) is 3.21. The molecule has 0 amide bonds. The zero-order valence-electron chi connectivity index (χ0n) is 8.62. The van der Waals surface area contributed by atoms with Crippen molar-refractivity contribution in [1.29, 1.82) is 0 Å². The lowest BCUT2D eigenvalue weighted by atomic mass is 10.2. The van der Waals surface area contributed by atoms with Crippen LogP contribution in [0.3, 0.4) is 0 Å². The molecular weight excluding hydrogens is 146 g/mol. The van der Waals surface area contributed by atoms with E-state index in [0.29, 0.717) is 12.1 Å². The Labute approximate surface area is 75.6 Å². The van der Waals surface area contributed by atoms with Gasteiger partial charge in [-0.2, -0.15) is 0 Å². The lowest BCUT2D eigenvalue weighted by Gasteiger charge is -1.96. The van der Waals surface area contributed by atoms with E-state index in [1.807, 2.05) is 30.3 Å². The Bertz CT molecular complexity index is 277. The van der Waals surface area contributed by atoms with Crippen molar-refractivity contribution in [3.05, 3.63) is 35.9 Å². The molecule has 12 heavy (non-hydrogen) atoms. The number of hydrogen-bond acceptors (Lipinski definition) is 1. The van der Waals surface area contributed by atoms with Gasteiger partial charge >= 0.3 is 0 Å². The summed E-state index contributed by atoms with van der Waals surface area (Å²) in [5.41, 5.74) is 0.892. The Hall–Kier alpha value is -1.11. The van der Waals surface area contributed by atoms with Gasteiger partial charge in [0.1, 0.15) is 0 Å². The van der Waals surface area contributed by atoms with Gasteiger partial charge in [-0.05, 0) is 11.5 Å². The molecule has 1 aromatic carbocycles. The zero-order chi connectivity index (χ0) is 9.68. The highest BCUT2D eigenvalue weighted by atomic mass is 14.7. The summed E-state index contributed by atoms with van der Waals surface area (Å²) in [4.78, 5) is 4.18. The Balaban J connectivity index is 2.68. The highest BCUT2D eigenvalue weighted by Gasteiger charge is 1.88. The van der Waals surface area contributed by atoms with Crippen LogP contribution in [0.1, 0.15) is 20.8 Å². The standard InChI is InChI=1S/C11H15N/c1-10(2)8-12-9-11-6-4-3-5-7-11/h3-7,9-10H,8H2,1-2H3/i9D. The molecule has 1 heteroatoms. The van der Waals surface area contributed by atoms with Crippen molar-refractivity contribution in [1.82, 2.24) is 0 Å². The molecule has 0 saturated carbocycles. The van der Waals surface area contributed by atoms with Crippen LogP contribution < -0.4 is 0 Å². The third-order valence-corrected chi connectivity index (χ3v) is 1.44. The summed E-state index contributed by atoms with van der Waals surface area (Å²) in [6.45, 7) is 4.93. The average Bonchev–Trinajstić information content (AvgIpc) is 2.15. The molecule has 0 aromatic heterocycles. The van der Waals surface area contributed by atoms with Crippen LogP contribution in [0.25, 0.3) is 0 Å². The molecule has 1 aromatic rings. The van der Waals surface area contributed by atoms with Crippen LogP contribution in [0.4, 0.5) is 0 Å². The first kappa shape index (κ1) is 7.53. The maximum Gasteiger partial charge on any atom is 0.0842 e. The molecule has 0 bridgehead atoms. The third kappa shape index (κ3) is 3.33. The third-order valence-electron chi connectivity index (χ3n) is 1.44. The van der Waals surface area contributed by atoms with Crippen molar-refractivity contribution in [2.45, 2.75) is 13.8 Å². The van der Waals surface area contributed by atoms with E-state index < -0.39 is 0 Å². The van der Waals surface area contributed by atoms with E-state index >= 15 is 0 Å². The van der Waals surface area contributed by atoms with Crippen molar-refractivity contribution in [3.8, 4) is 0 Å². The maximum atomic E-state index is 7.66. The maximum absolute atomic E-state index is 7.66. The summed E-state index contributed by atoms with van der Waals surface area (Å²) >= 11 is 0. The van der Waals surface area contributed by atoms with Gasteiger partial charge in [-0.1, -0.05) is 44.2 Å². The van der Waals surface area contributed by atoms with E-state index in [9.17, 15) is 0 Å². The molecule has 0 heterocycles. The molecule has 0 radical (unpaired) electrons. The minimum Gasteiger partial charge on any atom is -0.292 e. The van der Waals surface area contributed by atoms with Crippen LogP contribution in [0, 0.1) is 5.92 Å². The predicted molar refractivity (Wildman–Crippen MR) is 53.7 cm³/mol. The van der Waals surface area contributed by atoms with Crippen molar-refractivity contribution < 1.29 is 1.37 Å². The summed E-state index contributed by atoms with van der Waals surface area (Å²) in [6.07, 6.45) is 0.384. The number of rotatable bonds is 3. The monoisotopic (exact) mass is 162 g/mol. The van der Waals surface area contributed by atoms with Gasteiger partial charge in [-0.25, -0.2) is 0 Å². The lowest BCUT2D eigenvalue weighted by molar-refractivity contribution is 0.667. The largest absolute Gasteiger partial charge is 0.292 e. The fourth-order valence-corrected chi connectivity index (χ4v) is 0.832. The molecule has 0 unspecified atom stereocenters. The zero-order valence-corrected chi connectivity index (χ0v) is 7.62. The Kier molecular flexibility index (Phi) is 2.95. The van der Waals surface area contributed by atoms with Gasteiger partial charge in [0.05, 0.1) is 1.37 Å².